The van der Waals surface area contributed by atoms with E-state index < -0.39 is 0 Å². The maximum absolute atomic E-state index is 11.5. The number of carbonyl (C=O) groups excluding carboxylic acids is 1. The number of nitrogens with zero attached hydrogens (tertiary/aromatic N) is 2. The van der Waals surface area contributed by atoms with Crippen LogP contribution >= 0.6 is 0 Å². The van der Waals surface area contributed by atoms with Gasteiger partial charge in [-0.25, -0.2) is 0 Å². The maximum atomic E-state index is 11.5. The fourth-order valence-electron chi connectivity index (χ4n) is 2.06. The van der Waals surface area contributed by atoms with Gasteiger partial charge in [0, 0.05) is 6.42 Å². The van der Waals surface area contributed by atoms with Gasteiger partial charge in [0.25, 0.3) is 0 Å². The molecule has 0 N–H and O–H groups in total. The topological polar surface area (TPSA) is 23.6 Å². The van der Waals surface area contributed by atoms with Gasteiger partial charge in [0.15, 0.2) is 0 Å². The van der Waals surface area contributed by atoms with Crippen LogP contribution < -0.4 is 0 Å². The van der Waals surface area contributed by atoms with E-state index in [-0.39, 0.29) is 6.04 Å². The molecule has 0 amide bonds. The highest BCUT2D eigenvalue weighted by Gasteiger charge is 2.27. The molecule has 0 bridgehead atoms. The highest BCUT2D eigenvalue weighted by Crippen LogP contribution is 2.19. The van der Waals surface area contributed by atoms with Crippen LogP contribution in [0.1, 0.15) is 25.7 Å². The van der Waals surface area contributed by atoms with E-state index in [1.165, 1.54) is 0 Å². The Bertz CT molecular complexity index is 192. The summed E-state index contributed by atoms with van der Waals surface area (Å²) < 4.78 is 0. The molecule has 0 aromatic carbocycles. The van der Waals surface area contributed by atoms with Crippen LogP contribution in [0.5, 0.6) is 0 Å². The first-order valence-corrected chi connectivity index (χ1v) is 5.49. The van der Waals surface area contributed by atoms with Crippen LogP contribution in [0.25, 0.3) is 0 Å². The molecule has 1 fully saturated rings. The molecule has 1 saturated carbocycles. The Hall–Kier alpha value is -0.410. The highest BCUT2D eigenvalue weighted by molar-refractivity contribution is 5.85. The van der Waals surface area contributed by atoms with Crippen molar-refractivity contribution >= 4 is 5.78 Å². The Morgan fingerprint density at radius 1 is 1.29 bits per heavy atom. The molecular formula is C11H22N2O. The molecule has 82 valence electrons. The first kappa shape index (κ1) is 11.7. The lowest BCUT2D eigenvalue weighted by molar-refractivity contribution is -0.121. The largest absolute Gasteiger partial charge is 0.309 e. The summed E-state index contributed by atoms with van der Waals surface area (Å²) in [5.41, 5.74) is 0. The summed E-state index contributed by atoms with van der Waals surface area (Å²) in [4.78, 5) is 15.9. The first-order valence-electron chi connectivity index (χ1n) is 5.49. The van der Waals surface area contributed by atoms with Gasteiger partial charge in [0.2, 0.25) is 0 Å². The fourth-order valence-corrected chi connectivity index (χ4v) is 2.06. The van der Waals surface area contributed by atoms with Crippen molar-refractivity contribution in [3.63, 3.8) is 0 Å². The molecule has 1 rings (SSSR count). The summed E-state index contributed by atoms with van der Waals surface area (Å²) in [5.74, 6) is 0.442. The molecule has 0 aliphatic heterocycles. The van der Waals surface area contributed by atoms with Gasteiger partial charge in [-0.3, -0.25) is 9.69 Å². The van der Waals surface area contributed by atoms with Crippen molar-refractivity contribution in [3.05, 3.63) is 0 Å². The number of carbonyl (C=O) groups is 1. The molecule has 0 aromatic heterocycles. The van der Waals surface area contributed by atoms with E-state index in [0.29, 0.717) is 5.78 Å². The zero-order chi connectivity index (χ0) is 10.6. The van der Waals surface area contributed by atoms with Crippen molar-refractivity contribution in [2.24, 2.45) is 0 Å². The van der Waals surface area contributed by atoms with Crippen LogP contribution in [0.4, 0.5) is 0 Å². The minimum atomic E-state index is 0.220. The lowest BCUT2D eigenvalue weighted by Crippen LogP contribution is -2.36. The maximum Gasteiger partial charge on any atom is 0.149 e. The Balaban J connectivity index is 2.20. The van der Waals surface area contributed by atoms with Crippen LogP contribution in [-0.2, 0) is 4.79 Å². The molecule has 0 heterocycles. The molecule has 0 saturated heterocycles. The third-order valence-electron chi connectivity index (χ3n) is 2.92. The average Bonchev–Trinajstić information content (AvgIpc) is 2.50. The van der Waals surface area contributed by atoms with Crippen molar-refractivity contribution in [2.45, 2.75) is 31.7 Å². The van der Waals surface area contributed by atoms with E-state index in [2.05, 4.69) is 30.9 Å². The third kappa shape index (κ3) is 3.39. The average molecular weight is 198 g/mol. The van der Waals surface area contributed by atoms with Crippen LogP contribution in [0.15, 0.2) is 0 Å². The minimum Gasteiger partial charge on any atom is -0.309 e. The molecule has 0 aromatic rings. The summed E-state index contributed by atoms with van der Waals surface area (Å²) in [6, 6.07) is 0.220. The molecule has 1 aliphatic rings. The van der Waals surface area contributed by atoms with E-state index in [0.717, 1.165) is 38.8 Å². The smallest absolute Gasteiger partial charge is 0.149 e. The first-order chi connectivity index (χ1) is 6.61. The second kappa shape index (κ2) is 5.47. The third-order valence-corrected chi connectivity index (χ3v) is 2.92. The van der Waals surface area contributed by atoms with Crippen LogP contribution in [0.3, 0.4) is 0 Å². The van der Waals surface area contributed by atoms with Gasteiger partial charge in [0.05, 0.1) is 6.04 Å². The molecule has 3 heteroatoms. The number of likely N-dealkylation sites (N-methyl/N-ethyl adjacent to an activating group) is 1. The van der Waals surface area contributed by atoms with E-state index in [4.69, 9.17) is 0 Å². The predicted molar refractivity (Wildman–Crippen MR) is 58.4 cm³/mol. The fraction of sp³-hybridized carbons (Fsp3) is 0.909. The summed E-state index contributed by atoms with van der Waals surface area (Å²) in [7, 11) is 6.24. The van der Waals surface area contributed by atoms with E-state index >= 15 is 0 Å². The van der Waals surface area contributed by atoms with Crippen LogP contribution in [-0.4, -0.2) is 55.9 Å². The monoisotopic (exact) mass is 198 g/mol. The van der Waals surface area contributed by atoms with Gasteiger partial charge >= 0.3 is 0 Å². The molecular weight excluding hydrogens is 176 g/mol. The van der Waals surface area contributed by atoms with Gasteiger partial charge in [-0.15, -0.1) is 0 Å². The lowest BCUT2D eigenvalue weighted by atomic mass is 10.2. The molecule has 14 heavy (non-hydrogen) atoms. The van der Waals surface area contributed by atoms with Crippen molar-refractivity contribution < 1.29 is 4.79 Å². The summed E-state index contributed by atoms with van der Waals surface area (Å²) in [5, 5.41) is 0. The van der Waals surface area contributed by atoms with Gasteiger partial charge in [-0.2, -0.15) is 0 Å². The zero-order valence-electron chi connectivity index (χ0n) is 9.62. The van der Waals surface area contributed by atoms with Crippen molar-refractivity contribution in [1.29, 1.82) is 0 Å². The van der Waals surface area contributed by atoms with Crippen LogP contribution in [0.2, 0.25) is 0 Å². The Morgan fingerprint density at radius 2 is 2.00 bits per heavy atom. The predicted octanol–water partition coefficient (Wildman–Crippen LogP) is 0.991. The van der Waals surface area contributed by atoms with Crippen LogP contribution in [0, 0.1) is 0 Å². The van der Waals surface area contributed by atoms with Gasteiger partial charge in [-0.1, -0.05) is 0 Å². The molecule has 1 atom stereocenters. The number of Topliss-reactive ketones (excluding diaryl/α,β-unsaturated/α-hetero) is 1. The number of ketones is 1. The minimum absolute atomic E-state index is 0.220. The Kier molecular flexibility index (Phi) is 4.55. The van der Waals surface area contributed by atoms with Crippen molar-refractivity contribution in [3.8, 4) is 0 Å². The normalized spacial score (nSPS) is 22.6. The van der Waals surface area contributed by atoms with E-state index in [1.807, 2.05) is 0 Å². The number of hydrogen-bond donors (Lipinski definition) is 0. The Morgan fingerprint density at radius 3 is 2.50 bits per heavy atom. The molecule has 0 spiro atoms. The van der Waals surface area contributed by atoms with Crippen molar-refractivity contribution in [1.82, 2.24) is 9.80 Å². The number of hydrogen-bond acceptors (Lipinski definition) is 3. The standard InChI is InChI=1S/C11H22N2O/c1-12(2)8-5-9-13(3)10-6-4-7-11(10)14/h10H,4-9H2,1-3H3. The summed E-state index contributed by atoms with van der Waals surface area (Å²) in [6.07, 6.45) is 4.09. The van der Waals surface area contributed by atoms with E-state index in [9.17, 15) is 4.79 Å². The molecule has 1 aliphatic carbocycles. The SMILES string of the molecule is CN(C)CCCN(C)C1CCCC1=O. The quantitative estimate of drug-likeness (QED) is 0.658. The number of rotatable bonds is 5. The van der Waals surface area contributed by atoms with Gasteiger partial charge in [-0.05, 0) is 53.5 Å². The summed E-state index contributed by atoms with van der Waals surface area (Å²) >= 11 is 0. The molecule has 1 unspecified atom stereocenters. The second-order valence-corrected chi connectivity index (χ2v) is 4.51. The molecule has 3 nitrogen and oxygen atoms in total. The zero-order valence-corrected chi connectivity index (χ0v) is 9.62. The Labute approximate surface area is 87.1 Å². The van der Waals surface area contributed by atoms with E-state index in [1.54, 1.807) is 0 Å². The second-order valence-electron chi connectivity index (χ2n) is 4.51. The molecule has 0 radical (unpaired) electrons. The van der Waals surface area contributed by atoms with Gasteiger partial charge in [0.1, 0.15) is 5.78 Å². The lowest BCUT2D eigenvalue weighted by Gasteiger charge is -2.23. The highest BCUT2D eigenvalue weighted by atomic mass is 16.1. The van der Waals surface area contributed by atoms with Gasteiger partial charge < -0.3 is 4.90 Å². The summed E-state index contributed by atoms with van der Waals surface area (Å²) in [6.45, 7) is 2.14. The van der Waals surface area contributed by atoms with Crippen molar-refractivity contribution in [2.75, 3.05) is 34.2 Å².